The average Bonchev–Trinajstić information content (AvgIpc) is 3.64. The molecule has 48 heavy (non-hydrogen) atoms. The summed E-state index contributed by atoms with van der Waals surface area (Å²) in [4.78, 5) is 10.1. The van der Waals surface area contributed by atoms with Gasteiger partial charge in [-0.15, -0.1) is 0 Å². The minimum Gasteiger partial charge on any atom is -0.353 e. The molecule has 0 saturated heterocycles. The number of allylic oxidation sites excluding steroid dienone is 2. The Bertz CT molecular complexity index is 2400. The molecule has 7 rings (SSSR count). The predicted molar refractivity (Wildman–Crippen MR) is 192 cm³/mol. The van der Waals surface area contributed by atoms with Gasteiger partial charge in [-0.1, -0.05) is 91.0 Å². The number of hydrogen-bond donors (Lipinski definition) is 2. The second-order valence-electron chi connectivity index (χ2n) is 12.0. The van der Waals surface area contributed by atoms with Crippen molar-refractivity contribution in [1.82, 2.24) is 0 Å². The molecule has 230 valence electrons. The fourth-order valence-corrected chi connectivity index (χ4v) is 6.26. The predicted octanol–water partition coefficient (Wildman–Crippen LogP) is 6.50. The summed E-state index contributed by atoms with van der Waals surface area (Å²) in [6.45, 7) is 8.15. The lowest BCUT2D eigenvalue weighted by atomic mass is 9.96. The van der Waals surface area contributed by atoms with Crippen molar-refractivity contribution < 1.29 is 0 Å². The van der Waals surface area contributed by atoms with Crippen LogP contribution in [0.4, 0.5) is 11.4 Å². The van der Waals surface area contributed by atoms with E-state index in [1.807, 2.05) is 137 Å². The Hall–Kier alpha value is -6.50. The van der Waals surface area contributed by atoms with E-state index in [0.29, 0.717) is 33.7 Å². The van der Waals surface area contributed by atoms with Gasteiger partial charge >= 0.3 is 0 Å². The molecule has 0 bridgehead atoms. The Balaban J connectivity index is 1.41. The highest BCUT2D eigenvalue weighted by atomic mass is 15.0. The Morgan fingerprint density at radius 3 is 1.31 bits per heavy atom. The molecule has 0 saturated carbocycles. The van der Waals surface area contributed by atoms with Crippen LogP contribution in [0.3, 0.4) is 0 Å². The normalized spacial score (nSPS) is 15.0. The summed E-state index contributed by atoms with van der Waals surface area (Å²) in [6, 6.07) is 40.7. The highest BCUT2D eigenvalue weighted by Crippen LogP contribution is 2.33. The van der Waals surface area contributed by atoms with E-state index in [1.54, 1.807) is 0 Å². The molecular weight excluding hydrogens is 589 g/mol. The molecule has 6 nitrogen and oxygen atoms in total. The van der Waals surface area contributed by atoms with Crippen LogP contribution in [0.15, 0.2) is 131 Å². The Kier molecular flexibility index (Phi) is 7.77. The fraction of sp³-hybridized carbons (Fsp3) is 0.0952. The van der Waals surface area contributed by atoms with Crippen molar-refractivity contribution in [2.75, 3.05) is 10.6 Å². The lowest BCUT2D eigenvalue weighted by Gasteiger charge is -2.14. The molecule has 5 aromatic carbocycles. The zero-order valence-electron chi connectivity index (χ0n) is 27.2. The standard InChI is InChI=1S/C42H32N6/c1-25-12-5-7-20-35(25)45-39-31-18-9-14-27(3)37(31)47-41(39)33(23-43)29-16-11-17-30(22-29)34(24-44)42-40(46-36-21-8-6-13-26(36)2)32-19-10-15-28(4)38(32)48-42/h5-22,45-46H,1-4H3/b41-33-,42-34-. The summed E-state index contributed by atoms with van der Waals surface area (Å²) in [5.74, 6) is 0. The van der Waals surface area contributed by atoms with Crippen molar-refractivity contribution in [2.24, 2.45) is 9.98 Å². The zero-order valence-corrected chi connectivity index (χ0v) is 27.2. The van der Waals surface area contributed by atoms with Crippen molar-refractivity contribution in [3.63, 3.8) is 0 Å². The molecular formula is C42H32N6. The lowest BCUT2D eigenvalue weighted by molar-refractivity contribution is 1.25. The average molecular weight is 621 g/mol. The molecule has 0 fully saturated rings. The summed E-state index contributed by atoms with van der Waals surface area (Å²) in [5.41, 5.74) is 10.9. The third-order valence-electron chi connectivity index (χ3n) is 8.88. The Morgan fingerprint density at radius 2 is 0.896 bits per heavy atom. The van der Waals surface area contributed by atoms with Crippen LogP contribution in [0, 0.1) is 50.4 Å². The number of benzene rings is 5. The molecule has 0 amide bonds. The molecule has 0 spiro atoms. The van der Waals surface area contributed by atoms with Gasteiger partial charge in [0.05, 0.1) is 33.3 Å². The number of aryl methyl sites for hydroxylation is 4. The van der Waals surface area contributed by atoms with Crippen LogP contribution in [-0.2, 0) is 0 Å². The topological polar surface area (TPSA) is 96.4 Å². The van der Waals surface area contributed by atoms with Crippen LogP contribution in [0.5, 0.6) is 0 Å². The van der Waals surface area contributed by atoms with Crippen molar-refractivity contribution >= 4 is 33.9 Å². The highest BCUT2D eigenvalue weighted by Gasteiger charge is 2.24. The SMILES string of the molecule is Cc1ccccc1NC1=c2cccc(C)c2=N/C1=C(/C#N)c1cccc(/C(C#N)=C2\N=c3c(C)cccc3=C2Nc2ccccc2C)c1. The molecule has 6 heteroatoms. The third kappa shape index (κ3) is 5.26. The monoisotopic (exact) mass is 620 g/mol. The van der Waals surface area contributed by atoms with Gasteiger partial charge in [0.15, 0.2) is 0 Å². The van der Waals surface area contributed by atoms with E-state index in [1.165, 1.54) is 0 Å². The van der Waals surface area contributed by atoms with Crippen LogP contribution in [0.1, 0.15) is 33.4 Å². The summed E-state index contributed by atoms with van der Waals surface area (Å²) in [7, 11) is 0. The van der Waals surface area contributed by atoms with Gasteiger partial charge in [-0.3, -0.25) is 0 Å². The number of hydrogen-bond acceptors (Lipinski definition) is 6. The first kappa shape index (κ1) is 30.2. The Morgan fingerprint density at radius 1 is 0.500 bits per heavy atom. The number of anilines is 2. The molecule has 0 atom stereocenters. The molecule has 0 radical (unpaired) electrons. The van der Waals surface area contributed by atoms with Crippen LogP contribution < -0.4 is 31.8 Å². The molecule has 0 unspecified atom stereocenters. The summed E-state index contributed by atoms with van der Waals surface area (Å²) < 4.78 is 0. The summed E-state index contributed by atoms with van der Waals surface area (Å²) in [6.07, 6.45) is 0. The van der Waals surface area contributed by atoms with E-state index in [4.69, 9.17) is 9.98 Å². The highest BCUT2D eigenvalue weighted by molar-refractivity contribution is 5.96. The summed E-state index contributed by atoms with van der Waals surface area (Å²) >= 11 is 0. The number of fused-ring (bicyclic) bond motifs is 2. The molecule has 0 aromatic heterocycles. The number of para-hydroxylation sites is 4. The lowest BCUT2D eigenvalue weighted by Crippen LogP contribution is -2.27. The number of nitrogens with zero attached hydrogens (tertiary/aromatic N) is 4. The van der Waals surface area contributed by atoms with Gasteiger partial charge in [-0.25, -0.2) is 9.98 Å². The first-order valence-electron chi connectivity index (χ1n) is 15.8. The molecule has 2 N–H and O–H groups in total. The smallest absolute Gasteiger partial charge is 0.106 e. The zero-order chi connectivity index (χ0) is 33.4. The van der Waals surface area contributed by atoms with E-state index in [0.717, 1.165) is 66.2 Å². The van der Waals surface area contributed by atoms with Gasteiger partial charge in [-0.05, 0) is 79.3 Å². The minimum absolute atomic E-state index is 0.413. The van der Waals surface area contributed by atoms with Crippen molar-refractivity contribution in [2.45, 2.75) is 27.7 Å². The van der Waals surface area contributed by atoms with Crippen LogP contribution in [0.2, 0.25) is 0 Å². The van der Waals surface area contributed by atoms with Crippen LogP contribution in [0.25, 0.3) is 22.5 Å². The largest absolute Gasteiger partial charge is 0.353 e. The fourth-order valence-electron chi connectivity index (χ4n) is 6.26. The van der Waals surface area contributed by atoms with Crippen LogP contribution >= 0.6 is 0 Å². The van der Waals surface area contributed by atoms with Crippen molar-refractivity contribution in [3.05, 3.63) is 175 Å². The second-order valence-corrected chi connectivity index (χ2v) is 12.0. The van der Waals surface area contributed by atoms with E-state index < -0.39 is 0 Å². The van der Waals surface area contributed by atoms with Crippen LogP contribution in [-0.4, -0.2) is 0 Å². The van der Waals surface area contributed by atoms with E-state index in [-0.39, 0.29) is 0 Å². The molecule has 5 aromatic rings. The number of rotatable bonds is 6. The van der Waals surface area contributed by atoms with Gasteiger partial charge in [0.25, 0.3) is 0 Å². The van der Waals surface area contributed by atoms with E-state index >= 15 is 0 Å². The first-order chi connectivity index (χ1) is 23.4. The van der Waals surface area contributed by atoms with Crippen molar-refractivity contribution in [3.8, 4) is 12.1 Å². The minimum atomic E-state index is 0.413. The van der Waals surface area contributed by atoms with Gasteiger partial charge < -0.3 is 10.6 Å². The maximum atomic E-state index is 10.7. The number of nitriles is 2. The molecule has 2 aliphatic rings. The molecule has 2 heterocycles. The van der Waals surface area contributed by atoms with Gasteiger partial charge in [-0.2, -0.15) is 10.5 Å². The molecule has 0 aliphatic carbocycles. The van der Waals surface area contributed by atoms with E-state index in [2.05, 4.69) is 22.8 Å². The maximum absolute atomic E-state index is 10.7. The Labute approximate surface area is 279 Å². The number of nitrogens with one attached hydrogen (secondary N) is 2. The van der Waals surface area contributed by atoms with Gasteiger partial charge in [0, 0.05) is 21.8 Å². The second kappa shape index (κ2) is 12.4. The van der Waals surface area contributed by atoms with Gasteiger partial charge in [0.2, 0.25) is 0 Å². The maximum Gasteiger partial charge on any atom is 0.106 e. The quantitative estimate of drug-likeness (QED) is 0.212. The first-order valence-corrected chi connectivity index (χ1v) is 15.8. The van der Waals surface area contributed by atoms with E-state index in [9.17, 15) is 10.5 Å². The molecule has 2 aliphatic heterocycles. The summed E-state index contributed by atoms with van der Waals surface area (Å²) in [5, 5.41) is 32.1. The van der Waals surface area contributed by atoms with Crippen molar-refractivity contribution in [1.29, 1.82) is 10.5 Å². The van der Waals surface area contributed by atoms with Gasteiger partial charge in [0.1, 0.15) is 23.5 Å². The third-order valence-corrected chi connectivity index (χ3v) is 8.88.